The maximum atomic E-state index is 6.00. The fourth-order valence-corrected chi connectivity index (χ4v) is 2.48. The van der Waals surface area contributed by atoms with Gasteiger partial charge in [0.1, 0.15) is 0 Å². The van der Waals surface area contributed by atoms with Crippen LogP contribution in [0.1, 0.15) is 33.1 Å². The van der Waals surface area contributed by atoms with E-state index in [0.29, 0.717) is 12.0 Å². The molecule has 1 saturated carbocycles. The maximum absolute atomic E-state index is 6.00. The zero-order chi connectivity index (χ0) is 9.90. The summed E-state index contributed by atoms with van der Waals surface area (Å²) >= 11 is 8.23. The number of alkyl halides is 2. The van der Waals surface area contributed by atoms with E-state index in [1.807, 2.05) is 0 Å². The lowest BCUT2D eigenvalue weighted by molar-refractivity contribution is -0.0840. The average Bonchev–Trinajstić information content (AvgIpc) is 2.01. The summed E-state index contributed by atoms with van der Waals surface area (Å²) in [4.78, 5) is 0. The van der Waals surface area contributed by atoms with Gasteiger partial charge < -0.3 is 4.74 Å². The molecular formula is C10H18ClIO. The minimum atomic E-state index is -0.128. The van der Waals surface area contributed by atoms with Crippen molar-refractivity contribution >= 4 is 34.2 Å². The lowest BCUT2D eigenvalue weighted by atomic mass is 9.81. The topological polar surface area (TPSA) is 9.23 Å². The molecular weight excluding hydrogens is 298 g/mol. The van der Waals surface area contributed by atoms with Crippen molar-refractivity contribution in [2.45, 2.75) is 44.8 Å². The molecule has 0 N–H and O–H groups in total. The predicted molar refractivity (Wildman–Crippen MR) is 65.9 cm³/mol. The third-order valence-corrected chi connectivity index (χ3v) is 5.03. The highest BCUT2D eigenvalue weighted by Crippen LogP contribution is 2.33. The van der Waals surface area contributed by atoms with Gasteiger partial charge in [-0.05, 0) is 32.6 Å². The van der Waals surface area contributed by atoms with Crippen molar-refractivity contribution < 1.29 is 4.74 Å². The second-order valence-electron chi connectivity index (χ2n) is 4.23. The summed E-state index contributed by atoms with van der Waals surface area (Å²) in [7, 11) is 0. The summed E-state index contributed by atoms with van der Waals surface area (Å²) in [6.07, 6.45) is 4.43. The SMILES string of the molecule is CC(OC(C)(CCl)CI)C1CCC1. The van der Waals surface area contributed by atoms with Crippen molar-refractivity contribution in [2.24, 2.45) is 5.92 Å². The van der Waals surface area contributed by atoms with Crippen LogP contribution >= 0.6 is 34.2 Å². The summed E-state index contributed by atoms with van der Waals surface area (Å²) in [5.41, 5.74) is -0.128. The zero-order valence-corrected chi connectivity index (χ0v) is 11.3. The van der Waals surface area contributed by atoms with Crippen LogP contribution < -0.4 is 0 Å². The molecule has 0 amide bonds. The van der Waals surface area contributed by atoms with Crippen LogP contribution in [0.4, 0.5) is 0 Å². The molecule has 0 spiro atoms. The van der Waals surface area contributed by atoms with Crippen molar-refractivity contribution in [3.63, 3.8) is 0 Å². The highest BCUT2D eigenvalue weighted by Gasteiger charge is 2.31. The summed E-state index contributed by atoms with van der Waals surface area (Å²) in [5.74, 6) is 1.37. The molecule has 0 radical (unpaired) electrons. The highest BCUT2D eigenvalue weighted by molar-refractivity contribution is 14.1. The van der Waals surface area contributed by atoms with E-state index in [9.17, 15) is 0 Å². The number of ether oxygens (including phenoxy) is 1. The van der Waals surface area contributed by atoms with Crippen LogP contribution in [0.5, 0.6) is 0 Å². The van der Waals surface area contributed by atoms with Gasteiger partial charge >= 0.3 is 0 Å². The summed E-state index contributed by atoms with van der Waals surface area (Å²) < 4.78 is 6.96. The molecule has 0 aromatic heterocycles. The van der Waals surface area contributed by atoms with E-state index in [0.717, 1.165) is 10.3 Å². The van der Waals surface area contributed by atoms with Crippen LogP contribution in [0.15, 0.2) is 0 Å². The monoisotopic (exact) mass is 316 g/mol. The number of hydrogen-bond acceptors (Lipinski definition) is 1. The highest BCUT2D eigenvalue weighted by atomic mass is 127. The van der Waals surface area contributed by atoms with Gasteiger partial charge in [-0.2, -0.15) is 0 Å². The predicted octanol–water partition coefficient (Wildman–Crippen LogP) is 3.62. The Morgan fingerprint density at radius 3 is 2.54 bits per heavy atom. The zero-order valence-electron chi connectivity index (χ0n) is 8.35. The van der Waals surface area contributed by atoms with E-state index < -0.39 is 0 Å². The Morgan fingerprint density at radius 1 is 1.62 bits per heavy atom. The minimum Gasteiger partial charge on any atom is -0.370 e. The molecule has 0 heterocycles. The van der Waals surface area contributed by atoms with Crippen LogP contribution in [0.3, 0.4) is 0 Å². The Balaban J connectivity index is 2.35. The molecule has 1 aliphatic rings. The normalized spacial score (nSPS) is 24.9. The van der Waals surface area contributed by atoms with Crippen LogP contribution in [0, 0.1) is 5.92 Å². The van der Waals surface area contributed by atoms with Crippen molar-refractivity contribution in [3.8, 4) is 0 Å². The van der Waals surface area contributed by atoms with Gasteiger partial charge in [-0.3, -0.25) is 0 Å². The quantitative estimate of drug-likeness (QED) is 0.556. The van der Waals surface area contributed by atoms with Crippen molar-refractivity contribution in [1.29, 1.82) is 0 Å². The molecule has 0 aliphatic heterocycles. The van der Waals surface area contributed by atoms with E-state index in [1.165, 1.54) is 19.3 Å². The van der Waals surface area contributed by atoms with Gasteiger partial charge in [0.2, 0.25) is 0 Å². The summed E-state index contributed by atoms with van der Waals surface area (Å²) in [6.45, 7) is 4.28. The number of halogens is 2. The molecule has 0 aromatic carbocycles. The van der Waals surface area contributed by atoms with E-state index in [4.69, 9.17) is 16.3 Å². The van der Waals surface area contributed by atoms with Crippen LogP contribution in [-0.4, -0.2) is 22.0 Å². The van der Waals surface area contributed by atoms with Crippen LogP contribution in [0.2, 0.25) is 0 Å². The van der Waals surface area contributed by atoms with Gasteiger partial charge in [-0.25, -0.2) is 0 Å². The first-order valence-electron chi connectivity index (χ1n) is 4.91. The number of hydrogen-bond donors (Lipinski definition) is 0. The molecule has 0 aromatic rings. The molecule has 2 unspecified atom stereocenters. The van der Waals surface area contributed by atoms with E-state index in [-0.39, 0.29) is 5.60 Å². The van der Waals surface area contributed by atoms with Gasteiger partial charge in [0, 0.05) is 4.43 Å². The van der Waals surface area contributed by atoms with Gasteiger partial charge in [0.25, 0.3) is 0 Å². The smallest absolute Gasteiger partial charge is 0.0881 e. The minimum absolute atomic E-state index is 0.128. The van der Waals surface area contributed by atoms with Gasteiger partial charge in [-0.1, -0.05) is 29.0 Å². The van der Waals surface area contributed by atoms with Crippen molar-refractivity contribution in [3.05, 3.63) is 0 Å². The Hall–Kier alpha value is 0.980. The third kappa shape index (κ3) is 3.24. The molecule has 3 heteroatoms. The first-order valence-corrected chi connectivity index (χ1v) is 6.97. The fourth-order valence-electron chi connectivity index (χ4n) is 1.55. The van der Waals surface area contributed by atoms with Gasteiger partial charge in [0.05, 0.1) is 17.6 Å². The Kier molecular flexibility index (Phi) is 4.79. The Bertz CT molecular complexity index is 155. The molecule has 1 fully saturated rings. The molecule has 13 heavy (non-hydrogen) atoms. The molecule has 0 saturated heterocycles. The molecule has 2 atom stereocenters. The van der Waals surface area contributed by atoms with Crippen LogP contribution in [0.25, 0.3) is 0 Å². The average molecular weight is 317 g/mol. The van der Waals surface area contributed by atoms with E-state index >= 15 is 0 Å². The van der Waals surface area contributed by atoms with Gasteiger partial charge in [0.15, 0.2) is 0 Å². The maximum Gasteiger partial charge on any atom is 0.0881 e. The largest absolute Gasteiger partial charge is 0.370 e. The molecule has 1 nitrogen and oxygen atoms in total. The van der Waals surface area contributed by atoms with Gasteiger partial charge in [-0.15, -0.1) is 11.6 Å². The lowest BCUT2D eigenvalue weighted by Crippen LogP contribution is -2.40. The molecule has 78 valence electrons. The van der Waals surface area contributed by atoms with Crippen LogP contribution in [-0.2, 0) is 4.74 Å². The molecule has 0 bridgehead atoms. The van der Waals surface area contributed by atoms with E-state index in [1.54, 1.807) is 0 Å². The standard InChI is InChI=1S/C10H18ClIO/c1-8(9-4-3-5-9)13-10(2,6-11)7-12/h8-9H,3-7H2,1-2H3. The fraction of sp³-hybridized carbons (Fsp3) is 1.00. The molecule has 1 rings (SSSR count). The lowest BCUT2D eigenvalue weighted by Gasteiger charge is -2.37. The third-order valence-electron chi connectivity index (χ3n) is 2.85. The second-order valence-corrected chi connectivity index (χ2v) is 5.26. The Labute approximate surface area is 99.7 Å². The first kappa shape index (κ1) is 12.1. The second kappa shape index (κ2) is 5.17. The number of rotatable bonds is 5. The summed E-state index contributed by atoms with van der Waals surface area (Å²) in [6, 6.07) is 0. The summed E-state index contributed by atoms with van der Waals surface area (Å²) in [5, 5.41) is 0. The van der Waals surface area contributed by atoms with E-state index in [2.05, 4.69) is 36.4 Å². The molecule has 1 aliphatic carbocycles. The van der Waals surface area contributed by atoms with Crippen molar-refractivity contribution in [1.82, 2.24) is 0 Å². The first-order chi connectivity index (χ1) is 6.11. The van der Waals surface area contributed by atoms with Crippen molar-refractivity contribution in [2.75, 3.05) is 10.3 Å². The Morgan fingerprint density at radius 2 is 2.23 bits per heavy atom.